The van der Waals surface area contributed by atoms with E-state index in [1.807, 2.05) is 0 Å². The monoisotopic (exact) mass is 355 g/mol. The quantitative estimate of drug-likeness (QED) is 0.819. The SMILES string of the molecule is COc1ccc(C(=O)Nc2ccc(C(=O)O)cc2)cc1OC1CCCC1. The van der Waals surface area contributed by atoms with Crippen molar-refractivity contribution in [2.75, 3.05) is 12.4 Å². The third kappa shape index (κ3) is 4.14. The summed E-state index contributed by atoms with van der Waals surface area (Å²) >= 11 is 0. The van der Waals surface area contributed by atoms with Gasteiger partial charge in [0.25, 0.3) is 5.91 Å². The molecule has 0 radical (unpaired) electrons. The summed E-state index contributed by atoms with van der Waals surface area (Å²) in [5.41, 5.74) is 1.13. The summed E-state index contributed by atoms with van der Waals surface area (Å²) in [5.74, 6) is -0.147. The molecule has 1 amide bonds. The van der Waals surface area contributed by atoms with Crippen molar-refractivity contribution in [2.45, 2.75) is 31.8 Å². The van der Waals surface area contributed by atoms with Gasteiger partial charge >= 0.3 is 5.97 Å². The fraction of sp³-hybridized carbons (Fsp3) is 0.300. The number of carbonyl (C=O) groups excluding carboxylic acids is 1. The molecule has 0 spiro atoms. The van der Waals surface area contributed by atoms with Crippen molar-refractivity contribution in [1.82, 2.24) is 0 Å². The first kappa shape index (κ1) is 17.8. The van der Waals surface area contributed by atoms with Crippen LogP contribution in [0.2, 0.25) is 0 Å². The van der Waals surface area contributed by atoms with Gasteiger partial charge in [-0.1, -0.05) is 0 Å². The number of anilines is 1. The molecule has 1 saturated carbocycles. The maximum atomic E-state index is 12.5. The highest BCUT2D eigenvalue weighted by atomic mass is 16.5. The zero-order valence-corrected chi connectivity index (χ0v) is 14.5. The Morgan fingerprint density at radius 2 is 1.65 bits per heavy atom. The minimum atomic E-state index is -1.01. The molecule has 0 unspecified atom stereocenters. The van der Waals surface area contributed by atoms with Gasteiger partial charge in [0.05, 0.1) is 18.8 Å². The van der Waals surface area contributed by atoms with Gasteiger partial charge in [-0.25, -0.2) is 4.79 Å². The highest BCUT2D eigenvalue weighted by molar-refractivity contribution is 6.04. The van der Waals surface area contributed by atoms with Gasteiger partial charge in [-0.05, 0) is 68.1 Å². The molecule has 0 aliphatic heterocycles. The third-order valence-corrected chi connectivity index (χ3v) is 4.41. The first-order chi connectivity index (χ1) is 12.6. The number of ether oxygens (including phenoxy) is 2. The number of rotatable bonds is 6. The Bertz CT molecular complexity index is 794. The molecule has 0 atom stereocenters. The van der Waals surface area contributed by atoms with Crippen LogP contribution in [0.1, 0.15) is 46.4 Å². The number of hydrogen-bond donors (Lipinski definition) is 2. The van der Waals surface area contributed by atoms with Crippen LogP contribution < -0.4 is 14.8 Å². The fourth-order valence-corrected chi connectivity index (χ4v) is 3.00. The highest BCUT2D eigenvalue weighted by Gasteiger charge is 2.19. The summed E-state index contributed by atoms with van der Waals surface area (Å²) in [6.07, 6.45) is 4.48. The van der Waals surface area contributed by atoms with Crippen molar-refractivity contribution >= 4 is 17.6 Å². The van der Waals surface area contributed by atoms with Crippen LogP contribution in [0.3, 0.4) is 0 Å². The van der Waals surface area contributed by atoms with Crippen LogP contribution in [0, 0.1) is 0 Å². The van der Waals surface area contributed by atoms with E-state index in [4.69, 9.17) is 14.6 Å². The molecule has 6 heteroatoms. The number of benzene rings is 2. The summed E-state index contributed by atoms with van der Waals surface area (Å²) in [6, 6.07) is 11.1. The van der Waals surface area contributed by atoms with Crippen LogP contribution in [0.25, 0.3) is 0 Å². The number of methoxy groups -OCH3 is 1. The highest BCUT2D eigenvalue weighted by Crippen LogP contribution is 2.32. The second kappa shape index (κ2) is 7.91. The fourth-order valence-electron chi connectivity index (χ4n) is 3.00. The largest absolute Gasteiger partial charge is 0.493 e. The lowest BCUT2D eigenvalue weighted by atomic mass is 10.1. The molecule has 0 aromatic heterocycles. The predicted octanol–water partition coefficient (Wildman–Crippen LogP) is 3.97. The van der Waals surface area contributed by atoms with E-state index in [2.05, 4.69) is 5.32 Å². The predicted molar refractivity (Wildman–Crippen MR) is 97.2 cm³/mol. The van der Waals surface area contributed by atoms with Crippen molar-refractivity contribution in [3.8, 4) is 11.5 Å². The Hall–Kier alpha value is -3.02. The van der Waals surface area contributed by atoms with Gasteiger partial charge in [-0.15, -0.1) is 0 Å². The van der Waals surface area contributed by atoms with Crippen LogP contribution in [-0.2, 0) is 0 Å². The second-order valence-electron chi connectivity index (χ2n) is 6.23. The topological polar surface area (TPSA) is 84.9 Å². The minimum Gasteiger partial charge on any atom is -0.493 e. The van der Waals surface area contributed by atoms with Crippen LogP contribution in [-0.4, -0.2) is 30.2 Å². The molecule has 2 aromatic carbocycles. The van der Waals surface area contributed by atoms with Gasteiger partial charge in [0.2, 0.25) is 0 Å². The molecular formula is C20H21NO5. The van der Waals surface area contributed by atoms with Gasteiger partial charge in [0, 0.05) is 11.3 Å². The summed E-state index contributed by atoms with van der Waals surface area (Å²) in [6.45, 7) is 0. The van der Waals surface area contributed by atoms with Gasteiger partial charge in [0.1, 0.15) is 0 Å². The molecule has 136 valence electrons. The lowest BCUT2D eigenvalue weighted by molar-refractivity contribution is 0.0696. The van der Waals surface area contributed by atoms with Crippen LogP contribution in [0.15, 0.2) is 42.5 Å². The van der Waals surface area contributed by atoms with Crippen molar-refractivity contribution in [1.29, 1.82) is 0 Å². The summed E-state index contributed by atoms with van der Waals surface area (Å²) in [5, 5.41) is 11.7. The normalized spacial score (nSPS) is 14.0. The van der Waals surface area contributed by atoms with E-state index in [9.17, 15) is 9.59 Å². The van der Waals surface area contributed by atoms with E-state index in [-0.39, 0.29) is 17.6 Å². The zero-order chi connectivity index (χ0) is 18.5. The van der Waals surface area contributed by atoms with Gasteiger partial charge < -0.3 is 19.9 Å². The molecule has 0 saturated heterocycles. The number of amides is 1. The van der Waals surface area contributed by atoms with Crippen molar-refractivity contribution in [2.24, 2.45) is 0 Å². The van der Waals surface area contributed by atoms with E-state index in [1.165, 1.54) is 12.1 Å². The Kier molecular flexibility index (Phi) is 5.41. The Morgan fingerprint density at radius 3 is 2.27 bits per heavy atom. The number of carboxylic acids is 1. The maximum Gasteiger partial charge on any atom is 0.335 e. The van der Waals surface area contributed by atoms with Crippen molar-refractivity contribution in [3.05, 3.63) is 53.6 Å². The van der Waals surface area contributed by atoms with E-state index in [0.717, 1.165) is 25.7 Å². The second-order valence-corrected chi connectivity index (χ2v) is 6.23. The molecule has 0 heterocycles. The zero-order valence-electron chi connectivity index (χ0n) is 14.5. The smallest absolute Gasteiger partial charge is 0.335 e. The van der Waals surface area contributed by atoms with Gasteiger partial charge in [0.15, 0.2) is 11.5 Å². The third-order valence-electron chi connectivity index (χ3n) is 4.41. The summed E-state index contributed by atoms with van der Waals surface area (Å²) in [7, 11) is 1.57. The number of aromatic carboxylic acids is 1. The molecular weight excluding hydrogens is 334 g/mol. The molecule has 3 rings (SSSR count). The molecule has 1 aliphatic carbocycles. The molecule has 1 aliphatic rings. The Balaban J connectivity index is 1.74. The van der Waals surface area contributed by atoms with E-state index in [0.29, 0.717) is 22.7 Å². The maximum absolute atomic E-state index is 12.5. The number of carbonyl (C=O) groups is 2. The molecule has 1 fully saturated rings. The Labute approximate surface area is 151 Å². The Morgan fingerprint density at radius 1 is 1.00 bits per heavy atom. The molecule has 6 nitrogen and oxygen atoms in total. The van der Waals surface area contributed by atoms with Gasteiger partial charge in [-0.2, -0.15) is 0 Å². The number of nitrogens with one attached hydrogen (secondary N) is 1. The lowest BCUT2D eigenvalue weighted by Crippen LogP contribution is -2.14. The molecule has 2 N–H and O–H groups in total. The van der Waals surface area contributed by atoms with Crippen LogP contribution >= 0.6 is 0 Å². The van der Waals surface area contributed by atoms with Crippen molar-refractivity contribution < 1.29 is 24.2 Å². The lowest BCUT2D eigenvalue weighted by Gasteiger charge is -2.16. The molecule has 0 bridgehead atoms. The van der Waals surface area contributed by atoms with Gasteiger partial charge in [-0.3, -0.25) is 4.79 Å². The van der Waals surface area contributed by atoms with E-state index >= 15 is 0 Å². The van der Waals surface area contributed by atoms with E-state index < -0.39 is 5.97 Å². The first-order valence-electron chi connectivity index (χ1n) is 8.56. The number of hydrogen-bond acceptors (Lipinski definition) is 4. The average molecular weight is 355 g/mol. The van der Waals surface area contributed by atoms with E-state index in [1.54, 1.807) is 37.4 Å². The summed E-state index contributed by atoms with van der Waals surface area (Å²) in [4.78, 5) is 23.4. The van der Waals surface area contributed by atoms with Crippen LogP contribution in [0.5, 0.6) is 11.5 Å². The average Bonchev–Trinajstić information content (AvgIpc) is 3.15. The minimum absolute atomic E-state index is 0.158. The summed E-state index contributed by atoms with van der Waals surface area (Å²) < 4.78 is 11.3. The first-order valence-corrected chi connectivity index (χ1v) is 8.56. The van der Waals surface area contributed by atoms with Crippen LogP contribution in [0.4, 0.5) is 5.69 Å². The molecule has 2 aromatic rings. The standard InChI is InChI=1S/C20H21NO5/c1-25-17-11-8-14(12-18(17)26-16-4-2-3-5-16)19(22)21-15-9-6-13(7-10-15)20(23)24/h6-12,16H,2-5H2,1H3,(H,21,22)(H,23,24). The van der Waals surface area contributed by atoms with Crippen molar-refractivity contribution in [3.63, 3.8) is 0 Å². The number of carboxylic acid groups (broad SMARTS) is 1. The molecule has 26 heavy (non-hydrogen) atoms.